The Morgan fingerprint density at radius 3 is 2.38 bits per heavy atom. The van der Waals surface area contributed by atoms with E-state index in [2.05, 4.69) is 24.1 Å². The van der Waals surface area contributed by atoms with Crippen LogP contribution in [0.1, 0.15) is 37.8 Å². The number of nitrogens with two attached hydrogens (primary N) is 1. The molecule has 214 valence electrons. The van der Waals surface area contributed by atoms with E-state index in [1.54, 1.807) is 13.2 Å². The molecule has 1 amide bonds. The SMILES string of the molecule is COC(=O)C(COCc1ccccc1)N(C)C(=O)CC[C@H](NCc1cc(Oc2ccccc2)ncc1N)C(C)C. The summed E-state index contributed by atoms with van der Waals surface area (Å²) in [6.07, 6.45) is 2.43. The molecule has 0 bridgehead atoms. The Morgan fingerprint density at radius 2 is 1.73 bits per heavy atom. The van der Waals surface area contributed by atoms with Gasteiger partial charge in [0.1, 0.15) is 5.75 Å². The molecule has 0 saturated heterocycles. The number of benzene rings is 2. The normalized spacial score (nSPS) is 12.5. The number of hydrogen-bond donors (Lipinski definition) is 2. The van der Waals surface area contributed by atoms with Crippen molar-refractivity contribution in [2.45, 2.75) is 51.9 Å². The molecule has 3 aromatic rings. The van der Waals surface area contributed by atoms with Gasteiger partial charge in [-0.15, -0.1) is 0 Å². The predicted molar refractivity (Wildman–Crippen MR) is 155 cm³/mol. The molecule has 2 atom stereocenters. The van der Waals surface area contributed by atoms with E-state index < -0.39 is 12.0 Å². The molecule has 0 spiro atoms. The number of esters is 1. The van der Waals surface area contributed by atoms with Crippen molar-refractivity contribution < 1.29 is 23.8 Å². The molecule has 40 heavy (non-hydrogen) atoms. The van der Waals surface area contributed by atoms with Crippen molar-refractivity contribution in [2.75, 3.05) is 26.5 Å². The van der Waals surface area contributed by atoms with Crippen molar-refractivity contribution >= 4 is 17.6 Å². The van der Waals surface area contributed by atoms with Crippen molar-refractivity contribution in [3.05, 3.63) is 84.1 Å². The van der Waals surface area contributed by atoms with E-state index in [1.807, 2.05) is 66.7 Å². The summed E-state index contributed by atoms with van der Waals surface area (Å²) in [6.45, 7) is 5.07. The predicted octanol–water partition coefficient (Wildman–Crippen LogP) is 4.57. The Kier molecular flexibility index (Phi) is 11.9. The lowest BCUT2D eigenvalue weighted by Gasteiger charge is -2.28. The Bertz CT molecular complexity index is 1210. The standard InChI is InChI=1S/C31H40N4O5/c1-22(2)27(33-18-24-17-29(34-19-26(24)32)40-25-13-9-6-10-14-25)15-16-30(36)35(3)28(31(37)38-4)21-39-20-23-11-7-5-8-12-23/h5-14,17,19,22,27-28,33H,15-16,18,20-21,32H2,1-4H3/t27-,28?/m0/s1. The van der Waals surface area contributed by atoms with Gasteiger partial charge in [0.25, 0.3) is 0 Å². The average molecular weight is 549 g/mol. The van der Waals surface area contributed by atoms with Gasteiger partial charge in [-0.3, -0.25) is 4.79 Å². The summed E-state index contributed by atoms with van der Waals surface area (Å²) in [7, 11) is 2.92. The lowest BCUT2D eigenvalue weighted by atomic mass is 9.98. The topological polar surface area (TPSA) is 116 Å². The van der Waals surface area contributed by atoms with Gasteiger partial charge < -0.3 is 30.2 Å². The molecule has 0 saturated carbocycles. The molecule has 2 aromatic carbocycles. The summed E-state index contributed by atoms with van der Waals surface area (Å²) in [4.78, 5) is 31.2. The number of carbonyl (C=O) groups excluding carboxylic acids is 2. The number of aromatic nitrogens is 1. The van der Waals surface area contributed by atoms with E-state index in [0.717, 1.165) is 11.1 Å². The summed E-state index contributed by atoms with van der Waals surface area (Å²) in [5.41, 5.74) is 8.59. The number of amides is 1. The zero-order valence-electron chi connectivity index (χ0n) is 23.7. The zero-order valence-corrected chi connectivity index (χ0v) is 23.7. The number of hydrogen-bond acceptors (Lipinski definition) is 8. The number of para-hydroxylation sites is 1. The monoisotopic (exact) mass is 548 g/mol. The summed E-state index contributed by atoms with van der Waals surface area (Å²) >= 11 is 0. The minimum atomic E-state index is -0.827. The van der Waals surface area contributed by atoms with Crippen LogP contribution in [0.25, 0.3) is 0 Å². The molecule has 0 aliphatic heterocycles. The second-order valence-electron chi connectivity index (χ2n) is 9.95. The molecule has 1 aromatic heterocycles. The minimum absolute atomic E-state index is 0.0364. The maximum absolute atomic E-state index is 13.1. The van der Waals surface area contributed by atoms with Gasteiger partial charge in [-0.1, -0.05) is 62.4 Å². The third-order valence-electron chi connectivity index (χ3n) is 6.72. The molecular weight excluding hydrogens is 508 g/mol. The number of methoxy groups -OCH3 is 1. The Labute approximate surface area is 236 Å². The number of rotatable bonds is 15. The van der Waals surface area contributed by atoms with Crippen molar-refractivity contribution in [3.63, 3.8) is 0 Å². The fourth-order valence-electron chi connectivity index (χ4n) is 4.18. The molecule has 9 nitrogen and oxygen atoms in total. The van der Waals surface area contributed by atoms with Crippen LogP contribution in [0.4, 0.5) is 5.69 Å². The molecule has 0 aliphatic carbocycles. The van der Waals surface area contributed by atoms with Crippen molar-refractivity contribution in [1.29, 1.82) is 0 Å². The summed E-state index contributed by atoms with van der Waals surface area (Å²) in [5.74, 6) is 0.736. The molecule has 0 fully saturated rings. The summed E-state index contributed by atoms with van der Waals surface area (Å²) in [6, 6.07) is 20.1. The number of nitrogen functional groups attached to an aromatic ring is 1. The van der Waals surface area contributed by atoms with Crippen molar-refractivity contribution in [3.8, 4) is 11.6 Å². The number of likely N-dealkylation sites (N-methyl/N-ethyl adjacent to an activating group) is 1. The van der Waals surface area contributed by atoms with Gasteiger partial charge in [-0.25, -0.2) is 9.78 Å². The average Bonchev–Trinajstić information content (AvgIpc) is 2.96. The van der Waals surface area contributed by atoms with Crippen LogP contribution >= 0.6 is 0 Å². The van der Waals surface area contributed by atoms with Crippen LogP contribution in [-0.4, -0.2) is 54.6 Å². The van der Waals surface area contributed by atoms with Crippen molar-refractivity contribution in [1.82, 2.24) is 15.2 Å². The molecule has 1 heterocycles. The lowest BCUT2D eigenvalue weighted by molar-refractivity contribution is -0.154. The molecular formula is C31H40N4O5. The third-order valence-corrected chi connectivity index (χ3v) is 6.72. The van der Waals surface area contributed by atoms with E-state index in [1.165, 1.54) is 12.0 Å². The number of ether oxygens (including phenoxy) is 3. The summed E-state index contributed by atoms with van der Waals surface area (Å²) in [5, 5.41) is 3.53. The maximum Gasteiger partial charge on any atom is 0.330 e. The van der Waals surface area contributed by atoms with Gasteiger partial charge in [0, 0.05) is 32.1 Å². The third kappa shape index (κ3) is 9.36. The van der Waals surface area contributed by atoms with Crippen LogP contribution in [0.5, 0.6) is 11.6 Å². The first-order valence-corrected chi connectivity index (χ1v) is 13.4. The first kappa shape index (κ1) is 30.6. The van der Waals surface area contributed by atoms with Gasteiger partial charge in [0.05, 0.1) is 32.2 Å². The van der Waals surface area contributed by atoms with Crippen LogP contribution in [-0.2, 0) is 32.2 Å². The fourth-order valence-corrected chi connectivity index (χ4v) is 4.18. The highest BCUT2D eigenvalue weighted by atomic mass is 16.5. The van der Waals surface area contributed by atoms with Crippen molar-refractivity contribution in [2.24, 2.45) is 5.92 Å². The van der Waals surface area contributed by atoms with Crippen LogP contribution in [0.3, 0.4) is 0 Å². The van der Waals surface area contributed by atoms with Gasteiger partial charge >= 0.3 is 5.97 Å². The van der Waals surface area contributed by atoms with E-state index in [9.17, 15) is 9.59 Å². The van der Waals surface area contributed by atoms with Gasteiger partial charge in [0.15, 0.2) is 6.04 Å². The number of pyridine rings is 1. The van der Waals surface area contributed by atoms with Crippen LogP contribution < -0.4 is 15.8 Å². The second-order valence-corrected chi connectivity index (χ2v) is 9.95. The fraction of sp³-hybridized carbons (Fsp3) is 0.387. The van der Waals surface area contributed by atoms with Crippen LogP contribution in [0.15, 0.2) is 72.9 Å². The Balaban J connectivity index is 1.55. The van der Waals surface area contributed by atoms with Gasteiger partial charge in [-0.05, 0) is 35.6 Å². The molecule has 0 aliphatic rings. The maximum atomic E-state index is 13.1. The number of carbonyl (C=O) groups is 2. The second kappa shape index (κ2) is 15.6. The quantitative estimate of drug-likeness (QED) is 0.266. The molecule has 0 radical (unpaired) electrons. The number of anilines is 1. The highest BCUT2D eigenvalue weighted by Crippen LogP contribution is 2.23. The van der Waals surface area contributed by atoms with Crippen LogP contribution in [0.2, 0.25) is 0 Å². The largest absolute Gasteiger partial charge is 0.467 e. The van der Waals surface area contributed by atoms with E-state index in [0.29, 0.717) is 36.9 Å². The first-order chi connectivity index (χ1) is 19.3. The number of nitrogens with zero attached hydrogens (tertiary/aromatic N) is 2. The lowest BCUT2D eigenvalue weighted by Crippen LogP contribution is -2.46. The zero-order chi connectivity index (χ0) is 28.9. The molecule has 1 unspecified atom stereocenters. The van der Waals surface area contributed by atoms with Gasteiger partial charge in [0.2, 0.25) is 11.8 Å². The minimum Gasteiger partial charge on any atom is -0.467 e. The number of nitrogens with one attached hydrogen (secondary N) is 1. The Morgan fingerprint density at radius 1 is 1.05 bits per heavy atom. The summed E-state index contributed by atoms with van der Waals surface area (Å²) < 4.78 is 16.5. The molecule has 3 N–H and O–H groups in total. The molecule has 9 heteroatoms. The first-order valence-electron chi connectivity index (χ1n) is 13.4. The van der Waals surface area contributed by atoms with Gasteiger partial charge in [-0.2, -0.15) is 0 Å². The molecule has 3 rings (SSSR count). The van der Waals surface area contributed by atoms with E-state index in [-0.39, 0.29) is 30.9 Å². The smallest absolute Gasteiger partial charge is 0.330 e. The van der Waals surface area contributed by atoms with E-state index >= 15 is 0 Å². The Hall–Kier alpha value is -3.95. The highest BCUT2D eigenvalue weighted by molar-refractivity contribution is 5.84. The highest BCUT2D eigenvalue weighted by Gasteiger charge is 2.28. The van der Waals surface area contributed by atoms with E-state index in [4.69, 9.17) is 19.9 Å². The van der Waals surface area contributed by atoms with Crippen LogP contribution in [0, 0.1) is 5.92 Å².